The molecular formula is C17H26N2O2. The van der Waals surface area contributed by atoms with Crippen LogP contribution in [0.2, 0.25) is 0 Å². The van der Waals surface area contributed by atoms with Gasteiger partial charge in [0.05, 0.1) is 14.2 Å². The Hall–Kier alpha value is -1.26. The van der Waals surface area contributed by atoms with Crippen molar-refractivity contribution in [2.45, 2.75) is 25.9 Å². The van der Waals surface area contributed by atoms with Crippen molar-refractivity contribution in [1.29, 1.82) is 0 Å². The minimum atomic E-state index is 0.707. The number of fused-ring (bicyclic) bond motifs is 1. The van der Waals surface area contributed by atoms with E-state index in [0.29, 0.717) is 6.04 Å². The predicted molar refractivity (Wildman–Crippen MR) is 83.9 cm³/mol. The lowest BCUT2D eigenvalue weighted by atomic mass is 9.93. The highest BCUT2D eigenvalue weighted by atomic mass is 16.5. The van der Waals surface area contributed by atoms with Crippen molar-refractivity contribution in [1.82, 2.24) is 10.2 Å². The van der Waals surface area contributed by atoms with E-state index in [4.69, 9.17) is 9.47 Å². The van der Waals surface area contributed by atoms with Gasteiger partial charge in [-0.1, -0.05) is 13.0 Å². The van der Waals surface area contributed by atoms with E-state index in [2.05, 4.69) is 29.3 Å². The Bertz CT molecular complexity index is 492. The highest BCUT2D eigenvalue weighted by molar-refractivity contribution is 5.42. The van der Waals surface area contributed by atoms with Crippen LogP contribution in [0.4, 0.5) is 0 Å². The lowest BCUT2D eigenvalue weighted by molar-refractivity contribution is 0.210. The first-order valence-corrected chi connectivity index (χ1v) is 7.92. The van der Waals surface area contributed by atoms with Crippen LogP contribution in [-0.2, 0) is 6.54 Å². The summed E-state index contributed by atoms with van der Waals surface area (Å²) in [4.78, 5) is 2.65. The lowest BCUT2D eigenvalue weighted by Gasteiger charge is -2.27. The second kappa shape index (κ2) is 6.24. The number of nitrogens with one attached hydrogen (secondary N) is 1. The van der Waals surface area contributed by atoms with Crippen molar-refractivity contribution < 1.29 is 9.47 Å². The van der Waals surface area contributed by atoms with Crippen LogP contribution in [-0.4, -0.2) is 44.8 Å². The SMILES string of the molecule is CCC1C2CNCC2CN1Cc1ccc(OC)c(OC)c1. The summed E-state index contributed by atoms with van der Waals surface area (Å²) in [7, 11) is 3.38. The molecule has 21 heavy (non-hydrogen) atoms. The molecule has 0 saturated carbocycles. The maximum atomic E-state index is 5.42. The molecule has 3 atom stereocenters. The highest BCUT2D eigenvalue weighted by Crippen LogP contribution is 2.36. The molecule has 1 aromatic carbocycles. The Morgan fingerprint density at radius 3 is 2.71 bits per heavy atom. The summed E-state index contributed by atoms with van der Waals surface area (Å²) >= 11 is 0. The molecule has 3 unspecified atom stereocenters. The molecular weight excluding hydrogens is 264 g/mol. The highest BCUT2D eigenvalue weighted by Gasteiger charge is 2.42. The van der Waals surface area contributed by atoms with E-state index in [9.17, 15) is 0 Å². The third-order valence-electron chi connectivity index (χ3n) is 5.08. The number of hydrogen-bond donors (Lipinski definition) is 1. The maximum absolute atomic E-state index is 5.42. The quantitative estimate of drug-likeness (QED) is 0.901. The van der Waals surface area contributed by atoms with Crippen LogP contribution < -0.4 is 14.8 Å². The van der Waals surface area contributed by atoms with Crippen LogP contribution in [0.5, 0.6) is 11.5 Å². The standard InChI is InChI=1S/C17H26N2O2/c1-4-15-14-9-18-8-13(14)11-19(15)10-12-5-6-16(20-2)17(7-12)21-3/h5-7,13-15,18H,4,8-11H2,1-3H3. The topological polar surface area (TPSA) is 33.7 Å². The van der Waals surface area contributed by atoms with Gasteiger partial charge in [-0.3, -0.25) is 4.90 Å². The Balaban J connectivity index is 1.74. The van der Waals surface area contributed by atoms with Gasteiger partial charge in [0.1, 0.15) is 0 Å². The van der Waals surface area contributed by atoms with Gasteiger partial charge in [-0.2, -0.15) is 0 Å². The van der Waals surface area contributed by atoms with Crippen LogP contribution in [0.3, 0.4) is 0 Å². The molecule has 4 nitrogen and oxygen atoms in total. The fourth-order valence-electron chi connectivity index (χ4n) is 4.07. The summed E-state index contributed by atoms with van der Waals surface area (Å²) in [5.41, 5.74) is 1.30. The summed E-state index contributed by atoms with van der Waals surface area (Å²) in [6.45, 7) is 6.90. The maximum Gasteiger partial charge on any atom is 0.161 e. The molecule has 1 N–H and O–H groups in total. The average Bonchev–Trinajstić information content (AvgIpc) is 3.07. The van der Waals surface area contributed by atoms with Gasteiger partial charge in [0, 0.05) is 19.1 Å². The van der Waals surface area contributed by atoms with Crippen molar-refractivity contribution in [3.8, 4) is 11.5 Å². The van der Waals surface area contributed by atoms with E-state index in [-0.39, 0.29) is 0 Å². The zero-order valence-electron chi connectivity index (χ0n) is 13.3. The van der Waals surface area contributed by atoms with E-state index in [1.54, 1.807) is 14.2 Å². The summed E-state index contributed by atoms with van der Waals surface area (Å²) in [6.07, 6.45) is 1.23. The smallest absolute Gasteiger partial charge is 0.161 e. The Morgan fingerprint density at radius 2 is 2.00 bits per heavy atom. The second-order valence-corrected chi connectivity index (χ2v) is 6.18. The molecule has 2 heterocycles. The average molecular weight is 290 g/mol. The van der Waals surface area contributed by atoms with E-state index < -0.39 is 0 Å². The number of ether oxygens (including phenoxy) is 2. The third-order valence-corrected chi connectivity index (χ3v) is 5.08. The molecule has 1 aromatic rings. The number of hydrogen-bond acceptors (Lipinski definition) is 4. The zero-order valence-corrected chi connectivity index (χ0v) is 13.3. The van der Waals surface area contributed by atoms with Crippen molar-refractivity contribution >= 4 is 0 Å². The Morgan fingerprint density at radius 1 is 1.19 bits per heavy atom. The van der Waals surface area contributed by atoms with E-state index in [1.165, 1.54) is 31.6 Å². The van der Waals surface area contributed by atoms with Crippen LogP contribution in [0.1, 0.15) is 18.9 Å². The number of likely N-dealkylation sites (tertiary alicyclic amines) is 1. The van der Waals surface area contributed by atoms with Crippen LogP contribution in [0, 0.1) is 11.8 Å². The minimum absolute atomic E-state index is 0.707. The summed E-state index contributed by atoms with van der Waals surface area (Å²) < 4.78 is 10.7. The normalized spacial score (nSPS) is 28.6. The van der Waals surface area contributed by atoms with Gasteiger partial charge in [-0.25, -0.2) is 0 Å². The lowest BCUT2D eigenvalue weighted by Crippen LogP contribution is -2.34. The molecule has 0 aliphatic carbocycles. The van der Waals surface area contributed by atoms with Gasteiger partial charge >= 0.3 is 0 Å². The Kier molecular flexibility index (Phi) is 4.36. The molecule has 116 valence electrons. The van der Waals surface area contributed by atoms with Gasteiger partial charge in [-0.15, -0.1) is 0 Å². The first-order chi connectivity index (χ1) is 10.3. The van der Waals surface area contributed by atoms with E-state index in [0.717, 1.165) is 29.9 Å². The van der Waals surface area contributed by atoms with Gasteiger partial charge in [0.15, 0.2) is 11.5 Å². The molecule has 0 bridgehead atoms. The third kappa shape index (κ3) is 2.74. The minimum Gasteiger partial charge on any atom is -0.493 e. The number of benzene rings is 1. The largest absolute Gasteiger partial charge is 0.493 e. The van der Waals surface area contributed by atoms with Crippen molar-refractivity contribution in [3.63, 3.8) is 0 Å². The monoisotopic (exact) mass is 290 g/mol. The number of nitrogens with zero attached hydrogens (tertiary/aromatic N) is 1. The molecule has 0 aromatic heterocycles. The molecule has 0 spiro atoms. The van der Waals surface area contributed by atoms with Crippen molar-refractivity contribution in [2.75, 3.05) is 33.9 Å². The first-order valence-electron chi connectivity index (χ1n) is 7.92. The number of methoxy groups -OCH3 is 2. The van der Waals surface area contributed by atoms with Gasteiger partial charge < -0.3 is 14.8 Å². The van der Waals surface area contributed by atoms with Crippen molar-refractivity contribution in [2.24, 2.45) is 11.8 Å². The molecule has 0 radical (unpaired) electrons. The second-order valence-electron chi connectivity index (χ2n) is 6.18. The van der Waals surface area contributed by atoms with Gasteiger partial charge in [-0.05, 0) is 49.0 Å². The first kappa shape index (κ1) is 14.7. The van der Waals surface area contributed by atoms with Crippen LogP contribution >= 0.6 is 0 Å². The molecule has 3 rings (SSSR count). The fourth-order valence-corrected chi connectivity index (χ4v) is 4.07. The molecule has 0 amide bonds. The summed E-state index contributed by atoms with van der Waals surface area (Å²) in [6, 6.07) is 6.98. The number of rotatable bonds is 5. The molecule has 2 fully saturated rings. The zero-order chi connectivity index (χ0) is 14.8. The van der Waals surface area contributed by atoms with Gasteiger partial charge in [0.2, 0.25) is 0 Å². The molecule has 2 aliphatic heterocycles. The van der Waals surface area contributed by atoms with Crippen LogP contribution in [0.25, 0.3) is 0 Å². The molecule has 2 aliphatic rings. The molecule has 4 heteroatoms. The predicted octanol–water partition coefficient (Wildman–Crippen LogP) is 2.13. The van der Waals surface area contributed by atoms with Crippen LogP contribution in [0.15, 0.2) is 18.2 Å². The van der Waals surface area contributed by atoms with E-state index in [1.807, 2.05) is 6.07 Å². The Labute approximate surface area is 127 Å². The van der Waals surface area contributed by atoms with Crippen molar-refractivity contribution in [3.05, 3.63) is 23.8 Å². The molecule has 2 saturated heterocycles. The van der Waals surface area contributed by atoms with Gasteiger partial charge in [0.25, 0.3) is 0 Å². The fraction of sp³-hybridized carbons (Fsp3) is 0.647. The summed E-state index contributed by atoms with van der Waals surface area (Å²) in [5.74, 6) is 3.28. The summed E-state index contributed by atoms with van der Waals surface area (Å²) in [5, 5.41) is 3.54. The van der Waals surface area contributed by atoms with E-state index >= 15 is 0 Å².